The first kappa shape index (κ1) is 17.7. The molecule has 0 radical (unpaired) electrons. The first-order valence-corrected chi connectivity index (χ1v) is 8.27. The lowest BCUT2D eigenvalue weighted by molar-refractivity contribution is 0.0254. The average molecular weight is 338 g/mol. The molecule has 0 spiro atoms. The van der Waals surface area contributed by atoms with Gasteiger partial charge in [0.15, 0.2) is 0 Å². The Morgan fingerprint density at radius 1 is 1.39 bits per heavy atom. The van der Waals surface area contributed by atoms with Crippen molar-refractivity contribution < 1.29 is 14.3 Å². The van der Waals surface area contributed by atoms with Gasteiger partial charge in [0.25, 0.3) is 0 Å². The van der Waals surface area contributed by atoms with Gasteiger partial charge >= 0.3 is 6.09 Å². The lowest BCUT2D eigenvalue weighted by Gasteiger charge is -2.25. The van der Waals surface area contributed by atoms with Gasteiger partial charge in [-0.2, -0.15) is 0 Å². The molecule has 0 unspecified atom stereocenters. The third-order valence-corrected chi connectivity index (χ3v) is 3.84. The number of amides is 1. The van der Waals surface area contributed by atoms with Crippen LogP contribution < -0.4 is 0 Å². The van der Waals surface area contributed by atoms with Gasteiger partial charge in [-0.1, -0.05) is 30.7 Å². The molecule has 0 aliphatic carbocycles. The SMILES string of the molecule is CCc1ccc(C2=CCN(C(=O)OC(C)(C)C)CCO2)cc1Cl. The van der Waals surface area contributed by atoms with Crippen molar-refractivity contribution in [3.63, 3.8) is 0 Å². The highest BCUT2D eigenvalue weighted by Gasteiger charge is 2.23. The van der Waals surface area contributed by atoms with E-state index in [-0.39, 0.29) is 6.09 Å². The van der Waals surface area contributed by atoms with Crippen molar-refractivity contribution in [2.45, 2.75) is 39.7 Å². The van der Waals surface area contributed by atoms with Gasteiger partial charge in [0.2, 0.25) is 0 Å². The highest BCUT2D eigenvalue weighted by atomic mass is 35.5. The van der Waals surface area contributed by atoms with E-state index in [2.05, 4.69) is 6.92 Å². The smallest absolute Gasteiger partial charge is 0.410 e. The number of ether oxygens (including phenoxy) is 2. The number of rotatable bonds is 2. The lowest BCUT2D eigenvalue weighted by Crippen LogP contribution is -2.38. The number of hydrogen-bond acceptors (Lipinski definition) is 3. The minimum Gasteiger partial charge on any atom is -0.491 e. The van der Waals surface area contributed by atoms with Gasteiger partial charge in [0.1, 0.15) is 18.0 Å². The summed E-state index contributed by atoms with van der Waals surface area (Å²) in [5.74, 6) is 0.751. The van der Waals surface area contributed by atoms with Crippen LogP contribution in [-0.4, -0.2) is 36.3 Å². The molecule has 0 atom stereocenters. The van der Waals surface area contributed by atoms with E-state index in [0.717, 1.165) is 28.3 Å². The van der Waals surface area contributed by atoms with Gasteiger partial charge in [-0.25, -0.2) is 4.79 Å². The monoisotopic (exact) mass is 337 g/mol. The normalized spacial score (nSPS) is 15.5. The summed E-state index contributed by atoms with van der Waals surface area (Å²) >= 11 is 6.27. The minimum atomic E-state index is -0.500. The number of aryl methyl sites for hydroxylation is 1. The minimum absolute atomic E-state index is 0.321. The van der Waals surface area contributed by atoms with Crippen LogP contribution in [0.1, 0.15) is 38.8 Å². The predicted octanol–water partition coefficient (Wildman–Crippen LogP) is 4.51. The van der Waals surface area contributed by atoms with E-state index in [1.54, 1.807) is 4.90 Å². The van der Waals surface area contributed by atoms with E-state index in [4.69, 9.17) is 21.1 Å². The Labute approximate surface area is 143 Å². The lowest BCUT2D eigenvalue weighted by atomic mass is 10.1. The molecule has 0 saturated carbocycles. The van der Waals surface area contributed by atoms with Crippen molar-refractivity contribution in [1.82, 2.24) is 4.90 Å². The summed E-state index contributed by atoms with van der Waals surface area (Å²) in [5.41, 5.74) is 1.54. The summed E-state index contributed by atoms with van der Waals surface area (Å²) in [6.45, 7) is 9.03. The van der Waals surface area contributed by atoms with Crippen LogP contribution in [0.25, 0.3) is 5.76 Å². The zero-order valence-electron chi connectivity index (χ0n) is 14.2. The van der Waals surface area contributed by atoms with Gasteiger partial charge in [-0.05, 0) is 44.9 Å². The van der Waals surface area contributed by atoms with E-state index >= 15 is 0 Å². The zero-order chi connectivity index (χ0) is 17.0. The van der Waals surface area contributed by atoms with Crippen LogP contribution >= 0.6 is 11.6 Å². The first-order valence-electron chi connectivity index (χ1n) is 7.90. The molecule has 23 heavy (non-hydrogen) atoms. The molecule has 4 nitrogen and oxygen atoms in total. The van der Waals surface area contributed by atoms with Gasteiger partial charge in [-0.3, -0.25) is 0 Å². The summed E-state index contributed by atoms with van der Waals surface area (Å²) in [4.78, 5) is 13.8. The second-order valence-corrected chi connectivity index (χ2v) is 6.91. The first-order chi connectivity index (χ1) is 10.8. The van der Waals surface area contributed by atoms with Gasteiger partial charge in [-0.15, -0.1) is 0 Å². The molecule has 126 valence electrons. The van der Waals surface area contributed by atoms with Crippen LogP contribution in [0.5, 0.6) is 0 Å². The van der Waals surface area contributed by atoms with Crippen molar-refractivity contribution in [1.29, 1.82) is 0 Å². The van der Waals surface area contributed by atoms with Gasteiger partial charge in [0.05, 0.1) is 6.54 Å². The van der Waals surface area contributed by atoms with E-state index in [1.807, 2.05) is 45.0 Å². The fraction of sp³-hybridized carbons (Fsp3) is 0.500. The maximum Gasteiger partial charge on any atom is 0.410 e. The summed E-state index contributed by atoms with van der Waals surface area (Å²) in [6, 6.07) is 5.92. The largest absolute Gasteiger partial charge is 0.491 e. The van der Waals surface area contributed by atoms with Crippen molar-refractivity contribution in [2.75, 3.05) is 19.7 Å². The highest BCUT2D eigenvalue weighted by molar-refractivity contribution is 6.31. The second kappa shape index (κ2) is 7.26. The maximum absolute atomic E-state index is 12.1. The van der Waals surface area contributed by atoms with Crippen LogP contribution in [0.15, 0.2) is 24.3 Å². The molecular weight excluding hydrogens is 314 g/mol. The van der Waals surface area contributed by atoms with Crippen LogP contribution in [-0.2, 0) is 15.9 Å². The van der Waals surface area contributed by atoms with Crippen molar-refractivity contribution in [3.8, 4) is 0 Å². The quantitative estimate of drug-likeness (QED) is 0.797. The summed E-state index contributed by atoms with van der Waals surface area (Å²) in [7, 11) is 0. The number of nitrogens with zero attached hydrogens (tertiary/aromatic N) is 1. The molecule has 0 saturated heterocycles. The summed E-state index contributed by atoms with van der Waals surface area (Å²) in [6.07, 6.45) is 2.47. The van der Waals surface area contributed by atoms with Crippen LogP contribution in [0.2, 0.25) is 5.02 Å². The van der Waals surface area contributed by atoms with Crippen molar-refractivity contribution in [3.05, 3.63) is 40.4 Å². The molecule has 0 N–H and O–H groups in total. The van der Waals surface area contributed by atoms with E-state index in [9.17, 15) is 4.79 Å². The molecule has 5 heteroatoms. The predicted molar refractivity (Wildman–Crippen MR) is 92.6 cm³/mol. The number of carbonyl (C=O) groups excluding carboxylic acids is 1. The Kier molecular flexibility index (Phi) is 5.58. The fourth-order valence-corrected chi connectivity index (χ4v) is 2.60. The molecule has 1 aromatic rings. The molecule has 2 rings (SSSR count). The fourth-order valence-electron chi connectivity index (χ4n) is 2.29. The molecule has 1 heterocycles. The van der Waals surface area contributed by atoms with E-state index in [0.29, 0.717) is 19.7 Å². The average Bonchev–Trinajstić information content (AvgIpc) is 2.71. The Hall–Kier alpha value is -1.68. The van der Waals surface area contributed by atoms with Crippen LogP contribution in [0.4, 0.5) is 4.79 Å². The molecule has 1 aliphatic rings. The molecule has 1 aromatic carbocycles. The number of hydrogen-bond donors (Lipinski definition) is 0. The number of benzene rings is 1. The van der Waals surface area contributed by atoms with Crippen molar-refractivity contribution >= 4 is 23.5 Å². The maximum atomic E-state index is 12.1. The Balaban J connectivity index is 2.11. The van der Waals surface area contributed by atoms with Crippen LogP contribution in [0, 0.1) is 0 Å². The van der Waals surface area contributed by atoms with E-state index < -0.39 is 5.60 Å². The zero-order valence-corrected chi connectivity index (χ0v) is 14.9. The summed E-state index contributed by atoms with van der Waals surface area (Å²) in [5, 5.41) is 0.739. The third kappa shape index (κ3) is 4.90. The Morgan fingerprint density at radius 3 is 2.74 bits per heavy atom. The molecule has 1 amide bonds. The van der Waals surface area contributed by atoms with Gasteiger partial charge < -0.3 is 14.4 Å². The number of carbonyl (C=O) groups is 1. The molecule has 0 fully saturated rings. The highest BCUT2D eigenvalue weighted by Crippen LogP contribution is 2.25. The third-order valence-electron chi connectivity index (χ3n) is 3.49. The second-order valence-electron chi connectivity index (χ2n) is 6.50. The van der Waals surface area contributed by atoms with Gasteiger partial charge in [0, 0.05) is 17.1 Å². The molecule has 1 aliphatic heterocycles. The standard InChI is InChI=1S/C18H24ClNO3/c1-5-13-6-7-14(12-15(13)19)16-8-9-20(10-11-22-16)17(21)23-18(2,3)4/h6-8,12H,5,9-11H2,1-4H3. The Morgan fingerprint density at radius 2 is 2.13 bits per heavy atom. The topological polar surface area (TPSA) is 38.8 Å². The molecule has 0 bridgehead atoms. The summed E-state index contributed by atoms with van der Waals surface area (Å²) < 4.78 is 11.2. The van der Waals surface area contributed by atoms with Crippen molar-refractivity contribution in [2.24, 2.45) is 0 Å². The molecular formula is C18H24ClNO3. The molecule has 0 aromatic heterocycles. The number of halogens is 1. The Bertz CT molecular complexity index is 605. The van der Waals surface area contributed by atoms with Crippen LogP contribution in [0.3, 0.4) is 0 Å². The van der Waals surface area contributed by atoms with E-state index in [1.165, 1.54) is 0 Å².